The van der Waals surface area contributed by atoms with E-state index in [1.807, 2.05) is 13.8 Å². The molecule has 0 aromatic heterocycles. The summed E-state index contributed by atoms with van der Waals surface area (Å²) in [6.07, 6.45) is 8.25. The van der Waals surface area contributed by atoms with E-state index in [0.29, 0.717) is 19.4 Å². The van der Waals surface area contributed by atoms with Crippen molar-refractivity contribution in [1.29, 1.82) is 0 Å². The number of carbonyl (C=O) groups excluding carboxylic acids is 2. The Bertz CT molecular complexity index is 435. The Labute approximate surface area is 146 Å². The molecule has 0 aliphatic carbocycles. The Morgan fingerprint density at radius 1 is 1.08 bits per heavy atom. The number of unbranched alkanes of at least 4 members (excludes halogenated alkanes) is 2. The Morgan fingerprint density at radius 3 is 2.33 bits per heavy atom. The molecule has 0 unspecified atom stereocenters. The zero-order valence-corrected chi connectivity index (χ0v) is 15.4. The number of hydrogen-bond donors (Lipinski definition) is 2. The van der Waals surface area contributed by atoms with E-state index in [-0.39, 0.29) is 11.9 Å². The molecule has 0 saturated carbocycles. The van der Waals surface area contributed by atoms with Crippen molar-refractivity contribution < 1.29 is 9.59 Å². The number of amides is 2. The SMILES string of the molecule is CC(C)N[C@]1(C(N)=O)CCN1C(=O)CCCCCN1CCCCC1. The van der Waals surface area contributed by atoms with E-state index in [1.54, 1.807) is 4.90 Å². The molecule has 2 fully saturated rings. The van der Waals surface area contributed by atoms with Gasteiger partial charge in [-0.25, -0.2) is 0 Å². The lowest BCUT2D eigenvalue weighted by atomic mass is 9.91. The molecule has 2 saturated heterocycles. The van der Waals surface area contributed by atoms with Crippen molar-refractivity contribution in [1.82, 2.24) is 15.1 Å². The fourth-order valence-electron chi connectivity index (χ4n) is 3.85. The van der Waals surface area contributed by atoms with Crippen molar-refractivity contribution >= 4 is 11.8 Å². The second kappa shape index (κ2) is 8.81. The number of hydrogen-bond acceptors (Lipinski definition) is 4. The number of rotatable bonds is 9. The van der Waals surface area contributed by atoms with Crippen LogP contribution in [0.5, 0.6) is 0 Å². The van der Waals surface area contributed by atoms with Crippen LogP contribution in [-0.2, 0) is 9.59 Å². The summed E-state index contributed by atoms with van der Waals surface area (Å²) < 4.78 is 0. The van der Waals surface area contributed by atoms with Crippen molar-refractivity contribution in [2.24, 2.45) is 5.73 Å². The van der Waals surface area contributed by atoms with Gasteiger partial charge < -0.3 is 15.5 Å². The highest BCUT2D eigenvalue weighted by atomic mass is 16.2. The van der Waals surface area contributed by atoms with Crippen molar-refractivity contribution in [3.8, 4) is 0 Å². The van der Waals surface area contributed by atoms with Gasteiger partial charge in [-0.2, -0.15) is 0 Å². The molecule has 0 spiro atoms. The lowest BCUT2D eigenvalue weighted by molar-refractivity contribution is -0.162. The molecule has 6 nitrogen and oxygen atoms in total. The summed E-state index contributed by atoms with van der Waals surface area (Å²) in [4.78, 5) is 28.5. The molecule has 2 rings (SSSR count). The van der Waals surface area contributed by atoms with Gasteiger partial charge in [0, 0.05) is 25.4 Å². The topological polar surface area (TPSA) is 78.7 Å². The van der Waals surface area contributed by atoms with Crippen LogP contribution < -0.4 is 11.1 Å². The van der Waals surface area contributed by atoms with Crippen LogP contribution in [0.1, 0.15) is 65.2 Å². The van der Waals surface area contributed by atoms with E-state index < -0.39 is 11.6 Å². The van der Waals surface area contributed by atoms with Gasteiger partial charge in [-0.3, -0.25) is 14.9 Å². The fourth-order valence-corrected chi connectivity index (χ4v) is 3.85. The van der Waals surface area contributed by atoms with Gasteiger partial charge in [0.2, 0.25) is 5.91 Å². The summed E-state index contributed by atoms with van der Waals surface area (Å²) in [5, 5.41) is 3.19. The minimum atomic E-state index is -0.959. The molecule has 0 radical (unpaired) electrons. The highest BCUT2D eigenvalue weighted by molar-refractivity contribution is 5.91. The number of primary amides is 1. The number of nitrogens with one attached hydrogen (secondary N) is 1. The Balaban J connectivity index is 1.69. The lowest BCUT2D eigenvalue weighted by Gasteiger charge is -2.51. The Hall–Kier alpha value is -1.14. The highest BCUT2D eigenvalue weighted by Crippen LogP contribution is 2.29. The van der Waals surface area contributed by atoms with E-state index in [1.165, 1.54) is 32.4 Å². The fraction of sp³-hybridized carbons (Fsp3) is 0.889. The van der Waals surface area contributed by atoms with Gasteiger partial charge in [0.1, 0.15) is 0 Å². The van der Waals surface area contributed by atoms with Crippen LogP contribution >= 0.6 is 0 Å². The van der Waals surface area contributed by atoms with Crippen LogP contribution in [0.25, 0.3) is 0 Å². The van der Waals surface area contributed by atoms with E-state index in [4.69, 9.17) is 5.73 Å². The molecule has 0 aromatic carbocycles. The average Bonchev–Trinajstić information content (AvgIpc) is 2.51. The molecule has 24 heavy (non-hydrogen) atoms. The second-order valence-corrected chi connectivity index (χ2v) is 7.53. The number of nitrogens with zero attached hydrogens (tertiary/aromatic N) is 2. The normalized spacial score (nSPS) is 24.9. The Kier molecular flexibility index (Phi) is 7.04. The van der Waals surface area contributed by atoms with Crippen molar-refractivity contribution in [3.63, 3.8) is 0 Å². The third kappa shape index (κ3) is 4.70. The van der Waals surface area contributed by atoms with Crippen LogP contribution in [-0.4, -0.2) is 59.5 Å². The van der Waals surface area contributed by atoms with E-state index in [9.17, 15) is 9.59 Å². The molecule has 0 aromatic rings. The Morgan fingerprint density at radius 2 is 1.79 bits per heavy atom. The van der Waals surface area contributed by atoms with E-state index in [2.05, 4.69) is 10.2 Å². The largest absolute Gasteiger partial charge is 0.366 e. The number of likely N-dealkylation sites (tertiary alicyclic amines) is 2. The number of carbonyl (C=O) groups is 2. The first-order valence-corrected chi connectivity index (χ1v) is 9.56. The van der Waals surface area contributed by atoms with E-state index >= 15 is 0 Å². The van der Waals surface area contributed by atoms with Crippen LogP contribution in [0.3, 0.4) is 0 Å². The summed E-state index contributed by atoms with van der Waals surface area (Å²) in [6.45, 7) is 8.16. The van der Waals surface area contributed by atoms with Crippen molar-refractivity contribution in [3.05, 3.63) is 0 Å². The standard InChI is InChI=1S/C18H34N4O2/c1-15(2)20-18(17(19)24)10-14-22(18)16(23)9-5-3-6-11-21-12-7-4-8-13-21/h15,20H,3-14H2,1-2H3,(H2,19,24)/t18-/m1/s1. The minimum Gasteiger partial charge on any atom is -0.366 e. The molecular weight excluding hydrogens is 304 g/mol. The van der Waals surface area contributed by atoms with Gasteiger partial charge >= 0.3 is 0 Å². The molecular formula is C18H34N4O2. The molecule has 1 atom stereocenters. The van der Waals surface area contributed by atoms with Gasteiger partial charge in [0.05, 0.1) is 0 Å². The second-order valence-electron chi connectivity index (χ2n) is 7.53. The summed E-state index contributed by atoms with van der Waals surface area (Å²) in [5.41, 5.74) is 4.61. The first-order valence-electron chi connectivity index (χ1n) is 9.56. The average molecular weight is 338 g/mol. The zero-order chi connectivity index (χ0) is 17.6. The molecule has 2 aliphatic rings. The van der Waals surface area contributed by atoms with Crippen LogP contribution in [0.15, 0.2) is 0 Å². The first kappa shape index (κ1) is 19.2. The predicted octanol–water partition coefficient (Wildman–Crippen LogP) is 1.44. The maximum absolute atomic E-state index is 12.5. The molecule has 6 heteroatoms. The predicted molar refractivity (Wildman–Crippen MR) is 95.3 cm³/mol. The highest BCUT2D eigenvalue weighted by Gasteiger charge is 2.52. The lowest BCUT2D eigenvalue weighted by Crippen LogP contribution is -2.76. The van der Waals surface area contributed by atoms with Crippen LogP contribution in [0.4, 0.5) is 0 Å². The van der Waals surface area contributed by atoms with Gasteiger partial charge in [-0.05, 0) is 59.2 Å². The first-order chi connectivity index (χ1) is 11.5. The van der Waals surface area contributed by atoms with Gasteiger partial charge in [0.15, 0.2) is 5.66 Å². The summed E-state index contributed by atoms with van der Waals surface area (Å²) in [6, 6.07) is 0.109. The van der Waals surface area contributed by atoms with Gasteiger partial charge in [0.25, 0.3) is 5.91 Å². The molecule has 138 valence electrons. The maximum atomic E-state index is 12.5. The summed E-state index contributed by atoms with van der Waals surface area (Å²) >= 11 is 0. The van der Waals surface area contributed by atoms with Crippen molar-refractivity contribution in [2.45, 2.75) is 76.9 Å². The van der Waals surface area contributed by atoms with Crippen LogP contribution in [0, 0.1) is 0 Å². The van der Waals surface area contributed by atoms with Gasteiger partial charge in [-0.1, -0.05) is 12.8 Å². The van der Waals surface area contributed by atoms with E-state index in [0.717, 1.165) is 25.8 Å². The molecule has 2 heterocycles. The maximum Gasteiger partial charge on any atom is 0.258 e. The zero-order valence-electron chi connectivity index (χ0n) is 15.4. The quantitative estimate of drug-likeness (QED) is 0.624. The number of nitrogens with two attached hydrogens (primary N) is 1. The van der Waals surface area contributed by atoms with Crippen LogP contribution in [0.2, 0.25) is 0 Å². The third-order valence-electron chi connectivity index (χ3n) is 5.21. The molecule has 2 aliphatic heterocycles. The summed E-state index contributed by atoms with van der Waals surface area (Å²) in [5.74, 6) is -0.396. The van der Waals surface area contributed by atoms with Gasteiger partial charge in [-0.15, -0.1) is 0 Å². The number of piperidine rings is 1. The summed E-state index contributed by atoms with van der Waals surface area (Å²) in [7, 11) is 0. The monoisotopic (exact) mass is 338 g/mol. The smallest absolute Gasteiger partial charge is 0.258 e. The third-order valence-corrected chi connectivity index (χ3v) is 5.21. The molecule has 2 amide bonds. The molecule has 3 N–H and O–H groups in total. The minimum absolute atomic E-state index is 0.0474. The molecule has 0 bridgehead atoms. The van der Waals surface area contributed by atoms with Crippen molar-refractivity contribution in [2.75, 3.05) is 26.2 Å².